The van der Waals surface area contributed by atoms with Gasteiger partial charge in [0, 0.05) is 11.1 Å². The number of nitrogens with zero attached hydrogens (tertiary/aromatic N) is 2. The molecule has 0 saturated heterocycles. The van der Waals surface area contributed by atoms with E-state index >= 15 is 0 Å². The summed E-state index contributed by atoms with van der Waals surface area (Å²) in [6, 6.07) is 19.8. The molecule has 1 heterocycles. The average Bonchev–Trinajstić information content (AvgIpc) is 3.20. The Morgan fingerprint density at radius 3 is 2.75 bits per heavy atom. The molecule has 4 rings (SSSR count). The fourth-order valence-electron chi connectivity index (χ4n) is 2.87. The highest BCUT2D eigenvalue weighted by atomic mass is 35.5. The Bertz CT molecular complexity index is 1180. The van der Waals surface area contributed by atoms with E-state index in [2.05, 4.69) is 20.7 Å². The summed E-state index contributed by atoms with van der Waals surface area (Å²) in [4.78, 5) is 12.3. The zero-order valence-electron chi connectivity index (χ0n) is 14.5. The zero-order chi connectivity index (χ0) is 19.5. The maximum Gasteiger partial charge on any atom is 0.289 e. The van der Waals surface area contributed by atoms with E-state index in [0.717, 1.165) is 22.6 Å². The Morgan fingerprint density at radius 2 is 1.89 bits per heavy atom. The molecule has 4 aromatic rings. The third-order valence-corrected chi connectivity index (χ3v) is 4.58. The number of aromatic nitrogens is 2. The highest BCUT2D eigenvalue weighted by Gasteiger charge is 2.12. The molecule has 0 aliphatic carbocycles. The Morgan fingerprint density at radius 1 is 1.11 bits per heavy atom. The summed E-state index contributed by atoms with van der Waals surface area (Å²) in [5.41, 5.74) is 4.23. The number of nitrogens with one attached hydrogen (secondary N) is 2. The number of carbonyl (C=O) groups is 1. The fourth-order valence-corrected chi connectivity index (χ4v) is 3.09. The minimum absolute atomic E-state index is 0.102. The third-order valence-electron chi connectivity index (χ3n) is 4.25. The van der Waals surface area contributed by atoms with Crippen molar-refractivity contribution in [3.63, 3.8) is 0 Å². The number of carbonyl (C=O) groups excluding carboxylic acids is 1. The smallest absolute Gasteiger partial charge is 0.272 e. The molecular weight excluding hydrogens is 379 g/mol. The molecule has 0 unspecified atom stereocenters. The first-order valence-corrected chi connectivity index (χ1v) is 8.82. The van der Waals surface area contributed by atoms with E-state index in [1.165, 1.54) is 12.1 Å². The number of fused-ring (bicyclic) bond motifs is 1. The second-order valence-electron chi connectivity index (χ2n) is 6.03. The lowest BCUT2D eigenvalue weighted by Crippen LogP contribution is -2.18. The fraction of sp³-hybridized carbons (Fsp3) is 0. The zero-order valence-corrected chi connectivity index (χ0v) is 15.2. The van der Waals surface area contributed by atoms with Gasteiger partial charge < -0.3 is 0 Å². The van der Waals surface area contributed by atoms with Crippen LogP contribution in [0.4, 0.5) is 4.39 Å². The van der Waals surface area contributed by atoms with Gasteiger partial charge in [-0.25, -0.2) is 9.82 Å². The number of hydrazone groups is 1. The lowest BCUT2D eigenvalue weighted by Gasteiger charge is -2.02. The summed E-state index contributed by atoms with van der Waals surface area (Å²) in [6.45, 7) is 0. The van der Waals surface area contributed by atoms with Crippen molar-refractivity contribution in [3.8, 4) is 11.3 Å². The van der Waals surface area contributed by atoms with Crippen LogP contribution in [-0.2, 0) is 0 Å². The predicted octanol–water partition coefficient (Wildman–Crippen LogP) is 4.79. The Balaban J connectivity index is 1.54. The lowest BCUT2D eigenvalue weighted by atomic mass is 10.0. The quantitative estimate of drug-likeness (QED) is 0.387. The maximum atomic E-state index is 13.7. The van der Waals surface area contributed by atoms with E-state index in [1.54, 1.807) is 12.1 Å². The maximum absolute atomic E-state index is 13.7. The number of halogens is 2. The van der Waals surface area contributed by atoms with Gasteiger partial charge >= 0.3 is 0 Å². The molecule has 1 aromatic heterocycles. The summed E-state index contributed by atoms with van der Waals surface area (Å²) in [7, 11) is 0. The molecule has 0 spiro atoms. The molecule has 5 nitrogen and oxygen atoms in total. The normalized spacial score (nSPS) is 11.2. The molecular formula is C21H14ClFN4O. The number of rotatable bonds is 4. The molecule has 0 fully saturated rings. The molecule has 1 amide bonds. The van der Waals surface area contributed by atoms with E-state index in [1.807, 2.05) is 42.5 Å². The monoisotopic (exact) mass is 392 g/mol. The van der Waals surface area contributed by atoms with Gasteiger partial charge in [-0.05, 0) is 29.0 Å². The minimum Gasteiger partial charge on any atom is -0.272 e. The molecule has 0 radical (unpaired) electrons. The molecule has 3 aromatic carbocycles. The summed E-state index contributed by atoms with van der Waals surface area (Å²) < 4.78 is 13.7. The van der Waals surface area contributed by atoms with E-state index in [0.29, 0.717) is 5.69 Å². The van der Waals surface area contributed by atoms with E-state index in [9.17, 15) is 9.18 Å². The van der Waals surface area contributed by atoms with Crippen molar-refractivity contribution >= 4 is 34.5 Å². The summed E-state index contributed by atoms with van der Waals surface area (Å²) in [5, 5.41) is 13.0. The first-order chi connectivity index (χ1) is 13.6. The van der Waals surface area contributed by atoms with Crippen LogP contribution in [0, 0.1) is 5.82 Å². The molecule has 0 aliphatic rings. The van der Waals surface area contributed by atoms with Gasteiger partial charge in [0.2, 0.25) is 0 Å². The second kappa shape index (κ2) is 7.62. The molecule has 28 heavy (non-hydrogen) atoms. The number of H-pyrrole nitrogens is 1. The number of aromatic amines is 1. The Labute approximate surface area is 164 Å². The van der Waals surface area contributed by atoms with Crippen LogP contribution in [0.3, 0.4) is 0 Å². The number of benzene rings is 3. The van der Waals surface area contributed by atoms with E-state index in [-0.39, 0.29) is 16.3 Å². The van der Waals surface area contributed by atoms with Gasteiger partial charge in [-0.1, -0.05) is 60.1 Å². The van der Waals surface area contributed by atoms with Crippen LogP contribution in [0.25, 0.3) is 22.0 Å². The second-order valence-corrected chi connectivity index (χ2v) is 6.44. The van der Waals surface area contributed by atoms with Crippen molar-refractivity contribution in [1.29, 1.82) is 0 Å². The molecule has 0 bridgehead atoms. The van der Waals surface area contributed by atoms with E-state index < -0.39 is 11.7 Å². The van der Waals surface area contributed by atoms with Gasteiger partial charge in [0.15, 0.2) is 0 Å². The summed E-state index contributed by atoms with van der Waals surface area (Å²) in [5.74, 6) is -1.02. The van der Waals surface area contributed by atoms with Crippen molar-refractivity contribution in [3.05, 3.63) is 88.8 Å². The van der Waals surface area contributed by atoms with Gasteiger partial charge in [0.1, 0.15) is 11.5 Å². The van der Waals surface area contributed by atoms with Gasteiger partial charge in [0.05, 0.1) is 16.9 Å². The molecule has 2 N–H and O–H groups in total. The van der Waals surface area contributed by atoms with E-state index in [4.69, 9.17) is 11.6 Å². The van der Waals surface area contributed by atoms with Crippen LogP contribution in [-0.4, -0.2) is 22.3 Å². The van der Waals surface area contributed by atoms with Gasteiger partial charge in [-0.3, -0.25) is 9.89 Å². The van der Waals surface area contributed by atoms with Crippen molar-refractivity contribution in [2.45, 2.75) is 0 Å². The SMILES string of the molecule is O=C(NN=Cc1c(F)cccc1Cl)c1cc(-c2cccc3ccccc23)n[nH]1. The molecule has 7 heteroatoms. The van der Waals surface area contributed by atoms with Gasteiger partial charge in [-0.15, -0.1) is 0 Å². The number of amides is 1. The van der Waals surface area contributed by atoms with Gasteiger partial charge in [0.25, 0.3) is 5.91 Å². The summed E-state index contributed by atoms with van der Waals surface area (Å²) >= 11 is 5.92. The van der Waals surface area contributed by atoms with Crippen molar-refractivity contribution < 1.29 is 9.18 Å². The predicted molar refractivity (Wildman–Crippen MR) is 108 cm³/mol. The largest absolute Gasteiger partial charge is 0.289 e. The van der Waals surface area contributed by atoms with Crippen molar-refractivity contribution in [2.24, 2.45) is 5.10 Å². The van der Waals surface area contributed by atoms with Crippen LogP contribution >= 0.6 is 11.6 Å². The molecule has 0 atom stereocenters. The van der Waals surface area contributed by atoms with Crippen molar-refractivity contribution in [1.82, 2.24) is 15.6 Å². The van der Waals surface area contributed by atoms with Crippen molar-refractivity contribution in [2.75, 3.05) is 0 Å². The van der Waals surface area contributed by atoms with Crippen LogP contribution < -0.4 is 5.43 Å². The van der Waals surface area contributed by atoms with Crippen LogP contribution in [0.1, 0.15) is 16.1 Å². The number of hydrogen-bond donors (Lipinski definition) is 2. The molecule has 0 saturated carbocycles. The molecule has 0 aliphatic heterocycles. The average molecular weight is 393 g/mol. The third kappa shape index (κ3) is 3.50. The first-order valence-electron chi connectivity index (χ1n) is 8.44. The molecule has 138 valence electrons. The number of hydrogen-bond acceptors (Lipinski definition) is 3. The minimum atomic E-state index is -0.523. The summed E-state index contributed by atoms with van der Waals surface area (Å²) in [6.07, 6.45) is 1.16. The highest BCUT2D eigenvalue weighted by molar-refractivity contribution is 6.33. The Hall–Kier alpha value is -3.51. The highest BCUT2D eigenvalue weighted by Crippen LogP contribution is 2.27. The van der Waals surface area contributed by atoms with Gasteiger partial charge in [-0.2, -0.15) is 10.2 Å². The van der Waals surface area contributed by atoms with Crippen LogP contribution in [0.15, 0.2) is 71.8 Å². The lowest BCUT2D eigenvalue weighted by molar-refractivity contribution is 0.0950. The topological polar surface area (TPSA) is 70.1 Å². The first kappa shape index (κ1) is 17.9. The van der Waals surface area contributed by atoms with Crippen LogP contribution in [0.2, 0.25) is 5.02 Å². The standard InChI is InChI=1S/C21H14ClFN4O/c22-17-9-4-10-18(23)16(17)12-24-27-21(28)20-11-19(25-26-20)15-8-3-6-13-5-1-2-7-14(13)15/h1-12H,(H,25,26)(H,27,28). The Kier molecular flexibility index (Phi) is 4.87. The van der Waals surface area contributed by atoms with Crippen LogP contribution in [0.5, 0.6) is 0 Å².